The van der Waals surface area contributed by atoms with Crippen LogP contribution in [0.3, 0.4) is 0 Å². The van der Waals surface area contributed by atoms with Gasteiger partial charge in [-0.1, -0.05) is 12.8 Å². The van der Waals surface area contributed by atoms with Crippen LogP contribution in [0.1, 0.15) is 32.1 Å². The van der Waals surface area contributed by atoms with Gasteiger partial charge in [-0.15, -0.1) is 0 Å². The summed E-state index contributed by atoms with van der Waals surface area (Å²) in [5.41, 5.74) is 6.02. The summed E-state index contributed by atoms with van der Waals surface area (Å²) in [6, 6.07) is 0.230. The number of rotatable bonds is 5. The van der Waals surface area contributed by atoms with Crippen molar-refractivity contribution in [1.29, 1.82) is 0 Å². The first-order valence-electron chi connectivity index (χ1n) is 6.26. The standard InChI is InChI=1S/C12H25N3O/c1-15(2)8-7-14-12(16)9-10-5-3-4-6-11(10)13/h10-11H,3-9,13H2,1-2H3,(H,14,16). The summed E-state index contributed by atoms with van der Waals surface area (Å²) >= 11 is 0. The van der Waals surface area contributed by atoms with Gasteiger partial charge in [-0.25, -0.2) is 0 Å². The van der Waals surface area contributed by atoms with Crippen LogP contribution in [0.25, 0.3) is 0 Å². The Labute approximate surface area is 98.6 Å². The van der Waals surface area contributed by atoms with Crippen molar-refractivity contribution in [2.75, 3.05) is 27.2 Å². The number of amides is 1. The number of nitrogens with two attached hydrogens (primary N) is 1. The van der Waals surface area contributed by atoms with Crippen LogP contribution < -0.4 is 11.1 Å². The predicted octanol–water partition coefficient (Wildman–Crippen LogP) is 0.572. The van der Waals surface area contributed by atoms with E-state index < -0.39 is 0 Å². The zero-order chi connectivity index (χ0) is 12.0. The van der Waals surface area contributed by atoms with E-state index in [-0.39, 0.29) is 11.9 Å². The molecule has 0 aromatic heterocycles. The number of carbonyl (C=O) groups excluding carboxylic acids is 1. The lowest BCUT2D eigenvalue weighted by molar-refractivity contribution is -0.122. The van der Waals surface area contributed by atoms with Crippen molar-refractivity contribution in [3.8, 4) is 0 Å². The minimum absolute atomic E-state index is 0.157. The zero-order valence-corrected chi connectivity index (χ0v) is 10.5. The molecule has 0 aromatic rings. The second kappa shape index (κ2) is 6.86. The van der Waals surface area contributed by atoms with Crippen LogP contribution in [-0.4, -0.2) is 44.0 Å². The van der Waals surface area contributed by atoms with Gasteiger partial charge in [-0.3, -0.25) is 4.79 Å². The van der Waals surface area contributed by atoms with Crippen molar-refractivity contribution in [1.82, 2.24) is 10.2 Å². The Morgan fingerprint density at radius 3 is 2.69 bits per heavy atom. The molecule has 1 rings (SSSR count). The lowest BCUT2D eigenvalue weighted by Crippen LogP contribution is -2.38. The largest absolute Gasteiger partial charge is 0.355 e. The number of likely N-dealkylation sites (N-methyl/N-ethyl adjacent to an activating group) is 1. The molecule has 2 atom stereocenters. The third kappa shape index (κ3) is 4.94. The van der Waals surface area contributed by atoms with Gasteiger partial charge in [0.25, 0.3) is 0 Å². The van der Waals surface area contributed by atoms with Crippen LogP contribution in [0, 0.1) is 5.92 Å². The molecule has 0 saturated heterocycles. The molecule has 1 fully saturated rings. The van der Waals surface area contributed by atoms with Gasteiger partial charge in [0.1, 0.15) is 0 Å². The van der Waals surface area contributed by atoms with E-state index in [4.69, 9.17) is 5.73 Å². The first-order valence-corrected chi connectivity index (χ1v) is 6.26. The monoisotopic (exact) mass is 227 g/mol. The molecule has 0 radical (unpaired) electrons. The van der Waals surface area contributed by atoms with Crippen LogP contribution in [-0.2, 0) is 4.79 Å². The van der Waals surface area contributed by atoms with E-state index in [1.807, 2.05) is 14.1 Å². The lowest BCUT2D eigenvalue weighted by atomic mass is 9.83. The second-order valence-electron chi connectivity index (χ2n) is 5.07. The number of hydrogen-bond acceptors (Lipinski definition) is 3. The highest BCUT2D eigenvalue weighted by molar-refractivity contribution is 5.76. The summed E-state index contributed by atoms with van der Waals surface area (Å²) in [4.78, 5) is 13.7. The van der Waals surface area contributed by atoms with Crippen molar-refractivity contribution in [2.24, 2.45) is 11.7 Å². The van der Waals surface area contributed by atoms with Gasteiger partial charge in [0, 0.05) is 25.6 Å². The molecule has 1 saturated carbocycles. The van der Waals surface area contributed by atoms with Crippen LogP contribution in [0.4, 0.5) is 0 Å². The molecule has 1 aliphatic carbocycles. The van der Waals surface area contributed by atoms with Crippen molar-refractivity contribution >= 4 is 5.91 Å². The molecule has 0 spiro atoms. The van der Waals surface area contributed by atoms with Crippen molar-refractivity contribution in [3.63, 3.8) is 0 Å². The highest BCUT2D eigenvalue weighted by Gasteiger charge is 2.23. The molecule has 1 amide bonds. The van der Waals surface area contributed by atoms with E-state index in [1.165, 1.54) is 12.8 Å². The predicted molar refractivity (Wildman–Crippen MR) is 66.1 cm³/mol. The van der Waals surface area contributed by atoms with Gasteiger partial charge in [0.15, 0.2) is 0 Å². The van der Waals surface area contributed by atoms with Crippen LogP contribution in [0.5, 0.6) is 0 Å². The Hall–Kier alpha value is -0.610. The molecule has 1 aliphatic rings. The summed E-state index contributed by atoms with van der Waals surface area (Å²) in [5, 5.41) is 2.95. The summed E-state index contributed by atoms with van der Waals surface area (Å²) in [6.07, 6.45) is 5.25. The van der Waals surface area contributed by atoms with E-state index in [0.29, 0.717) is 12.3 Å². The van der Waals surface area contributed by atoms with Gasteiger partial charge in [0.05, 0.1) is 0 Å². The Morgan fingerprint density at radius 1 is 1.38 bits per heavy atom. The fourth-order valence-corrected chi connectivity index (χ4v) is 2.22. The highest BCUT2D eigenvalue weighted by atomic mass is 16.1. The smallest absolute Gasteiger partial charge is 0.220 e. The molecule has 3 N–H and O–H groups in total. The second-order valence-corrected chi connectivity index (χ2v) is 5.07. The fourth-order valence-electron chi connectivity index (χ4n) is 2.22. The van der Waals surface area contributed by atoms with E-state index in [0.717, 1.165) is 25.9 Å². The Kier molecular flexibility index (Phi) is 5.77. The molecule has 2 unspecified atom stereocenters. The molecule has 0 aliphatic heterocycles. The average Bonchev–Trinajstić information content (AvgIpc) is 2.21. The molecular weight excluding hydrogens is 202 g/mol. The summed E-state index contributed by atoms with van der Waals surface area (Å²) in [5.74, 6) is 0.553. The molecule has 16 heavy (non-hydrogen) atoms. The SMILES string of the molecule is CN(C)CCNC(=O)CC1CCCCC1N. The highest BCUT2D eigenvalue weighted by Crippen LogP contribution is 2.25. The molecule has 0 bridgehead atoms. The van der Waals surface area contributed by atoms with Crippen molar-refractivity contribution in [2.45, 2.75) is 38.1 Å². The van der Waals surface area contributed by atoms with Crippen molar-refractivity contribution < 1.29 is 4.79 Å². The van der Waals surface area contributed by atoms with Gasteiger partial charge in [-0.2, -0.15) is 0 Å². The number of carbonyl (C=O) groups is 1. The maximum Gasteiger partial charge on any atom is 0.220 e. The Bertz CT molecular complexity index is 218. The van der Waals surface area contributed by atoms with Gasteiger partial charge < -0.3 is 16.0 Å². The quantitative estimate of drug-likeness (QED) is 0.722. The number of nitrogens with one attached hydrogen (secondary N) is 1. The number of nitrogens with zero attached hydrogens (tertiary/aromatic N) is 1. The first-order chi connectivity index (χ1) is 7.59. The van der Waals surface area contributed by atoms with E-state index in [2.05, 4.69) is 10.2 Å². The molecule has 94 valence electrons. The normalized spacial score (nSPS) is 25.8. The first kappa shape index (κ1) is 13.5. The minimum atomic E-state index is 0.157. The maximum atomic E-state index is 11.7. The van der Waals surface area contributed by atoms with Crippen LogP contribution >= 0.6 is 0 Å². The van der Waals surface area contributed by atoms with E-state index in [9.17, 15) is 4.79 Å². The molecule has 4 nitrogen and oxygen atoms in total. The van der Waals surface area contributed by atoms with Crippen LogP contribution in [0.15, 0.2) is 0 Å². The third-order valence-electron chi connectivity index (χ3n) is 3.30. The van der Waals surface area contributed by atoms with Gasteiger partial charge in [0.2, 0.25) is 5.91 Å². The lowest BCUT2D eigenvalue weighted by Gasteiger charge is -2.28. The molecule has 4 heteroatoms. The summed E-state index contributed by atoms with van der Waals surface area (Å²) < 4.78 is 0. The van der Waals surface area contributed by atoms with E-state index >= 15 is 0 Å². The van der Waals surface area contributed by atoms with Crippen LogP contribution in [0.2, 0.25) is 0 Å². The topological polar surface area (TPSA) is 58.4 Å². The number of hydrogen-bond donors (Lipinski definition) is 2. The Balaban J connectivity index is 2.17. The van der Waals surface area contributed by atoms with Crippen molar-refractivity contribution in [3.05, 3.63) is 0 Å². The molecule has 0 heterocycles. The molecular formula is C12H25N3O. The van der Waals surface area contributed by atoms with E-state index in [1.54, 1.807) is 0 Å². The molecule has 0 aromatic carbocycles. The summed E-state index contributed by atoms with van der Waals surface area (Å²) in [6.45, 7) is 1.62. The zero-order valence-electron chi connectivity index (χ0n) is 10.5. The maximum absolute atomic E-state index is 11.7. The van der Waals surface area contributed by atoms with Gasteiger partial charge >= 0.3 is 0 Å². The fraction of sp³-hybridized carbons (Fsp3) is 0.917. The Morgan fingerprint density at radius 2 is 2.06 bits per heavy atom. The minimum Gasteiger partial charge on any atom is -0.355 e. The average molecular weight is 227 g/mol. The van der Waals surface area contributed by atoms with Gasteiger partial charge in [-0.05, 0) is 32.9 Å². The summed E-state index contributed by atoms with van der Waals surface area (Å²) in [7, 11) is 4.01. The third-order valence-corrected chi connectivity index (χ3v) is 3.30.